The van der Waals surface area contributed by atoms with Gasteiger partial charge in [0.25, 0.3) is 5.91 Å². The van der Waals surface area contributed by atoms with Gasteiger partial charge in [0.2, 0.25) is 0 Å². The van der Waals surface area contributed by atoms with Gasteiger partial charge in [-0.05, 0) is 49.9 Å². The van der Waals surface area contributed by atoms with Crippen LogP contribution in [0, 0.1) is 6.92 Å². The van der Waals surface area contributed by atoms with Crippen molar-refractivity contribution >= 4 is 5.91 Å². The highest BCUT2D eigenvalue weighted by Crippen LogP contribution is 2.22. The van der Waals surface area contributed by atoms with Crippen molar-refractivity contribution < 1.29 is 14.6 Å². The number of hydrogen-bond donors (Lipinski definition) is 2. The molecule has 1 fully saturated rings. The maximum Gasteiger partial charge on any atom is 0.258 e. The SMILES string of the molecule is Cc1cc([C@@H](C)O)ccc1OCC(=O)NC1CCCC1. The zero-order valence-electron chi connectivity index (χ0n) is 12.2. The molecular formula is C16H23NO3. The number of hydrogen-bond acceptors (Lipinski definition) is 3. The van der Waals surface area contributed by atoms with Crippen LogP contribution in [0.2, 0.25) is 0 Å². The number of nitrogens with one attached hydrogen (secondary N) is 1. The summed E-state index contributed by atoms with van der Waals surface area (Å²) in [5.41, 5.74) is 1.78. The summed E-state index contributed by atoms with van der Waals surface area (Å²) in [6.07, 6.45) is 4.06. The Morgan fingerprint density at radius 1 is 1.45 bits per heavy atom. The lowest BCUT2D eigenvalue weighted by molar-refractivity contribution is -0.123. The van der Waals surface area contributed by atoms with Gasteiger partial charge in [-0.25, -0.2) is 0 Å². The van der Waals surface area contributed by atoms with Crippen molar-refractivity contribution in [3.8, 4) is 5.75 Å². The van der Waals surface area contributed by atoms with Gasteiger partial charge in [0.05, 0.1) is 6.10 Å². The maximum atomic E-state index is 11.8. The van der Waals surface area contributed by atoms with E-state index in [1.165, 1.54) is 12.8 Å². The molecule has 110 valence electrons. The smallest absolute Gasteiger partial charge is 0.258 e. The number of rotatable bonds is 5. The highest BCUT2D eigenvalue weighted by molar-refractivity contribution is 5.77. The summed E-state index contributed by atoms with van der Waals surface area (Å²) in [5, 5.41) is 12.5. The first kappa shape index (κ1) is 14.9. The van der Waals surface area contributed by atoms with Gasteiger partial charge < -0.3 is 15.2 Å². The number of aliphatic hydroxyl groups is 1. The maximum absolute atomic E-state index is 11.8. The molecular weight excluding hydrogens is 254 g/mol. The van der Waals surface area contributed by atoms with Crippen LogP contribution in [-0.2, 0) is 4.79 Å². The van der Waals surface area contributed by atoms with Crippen molar-refractivity contribution in [3.05, 3.63) is 29.3 Å². The number of benzene rings is 1. The van der Waals surface area contributed by atoms with E-state index in [-0.39, 0.29) is 12.5 Å². The first-order valence-electron chi connectivity index (χ1n) is 7.27. The van der Waals surface area contributed by atoms with E-state index in [2.05, 4.69) is 5.32 Å². The monoisotopic (exact) mass is 277 g/mol. The third-order valence-corrected chi connectivity index (χ3v) is 3.76. The number of aryl methyl sites for hydroxylation is 1. The van der Waals surface area contributed by atoms with Gasteiger partial charge in [0.15, 0.2) is 6.61 Å². The molecule has 0 aliphatic heterocycles. The second-order valence-electron chi connectivity index (χ2n) is 5.54. The van der Waals surface area contributed by atoms with Gasteiger partial charge >= 0.3 is 0 Å². The molecule has 4 heteroatoms. The highest BCUT2D eigenvalue weighted by Gasteiger charge is 2.17. The molecule has 0 radical (unpaired) electrons. The van der Waals surface area contributed by atoms with E-state index >= 15 is 0 Å². The van der Waals surface area contributed by atoms with E-state index in [4.69, 9.17) is 4.74 Å². The van der Waals surface area contributed by atoms with Gasteiger partial charge in [-0.1, -0.05) is 18.9 Å². The molecule has 2 N–H and O–H groups in total. The van der Waals surface area contributed by atoms with Crippen molar-refractivity contribution in [1.82, 2.24) is 5.32 Å². The van der Waals surface area contributed by atoms with Gasteiger partial charge in [-0.2, -0.15) is 0 Å². The van der Waals surface area contributed by atoms with E-state index in [0.717, 1.165) is 24.0 Å². The standard InChI is InChI=1S/C16H23NO3/c1-11-9-13(12(2)18)7-8-15(11)20-10-16(19)17-14-5-3-4-6-14/h7-9,12,14,18H,3-6,10H2,1-2H3,(H,17,19)/t12-/m1/s1. The number of carbonyl (C=O) groups excluding carboxylic acids is 1. The van der Waals surface area contributed by atoms with Gasteiger partial charge in [0.1, 0.15) is 5.75 Å². The van der Waals surface area contributed by atoms with E-state index < -0.39 is 6.10 Å². The molecule has 1 aliphatic rings. The Kier molecular flexibility index (Phi) is 5.01. The van der Waals surface area contributed by atoms with E-state index in [9.17, 15) is 9.90 Å². The Morgan fingerprint density at radius 2 is 2.15 bits per heavy atom. The van der Waals surface area contributed by atoms with Crippen LogP contribution in [0.15, 0.2) is 18.2 Å². The zero-order valence-corrected chi connectivity index (χ0v) is 12.2. The summed E-state index contributed by atoms with van der Waals surface area (Å²) in [4.78, 5) is 11.8. The molecule has 1 atom stereocenters. The minimum atomic E-state index is -0.492. The van der Waals surface area contributed by atoms with Crippen LogP contribution in [0.5, 0.6) is 5.75 Å². The average molecular weight is 277 g/mol. The van der Waals surface area contributed by atoms with Crippen LogP contribution in [0.4, 0.5) is 0 Å². The van der Waals surface area contributed by atoms with Gasteiger partial charge in [-0.3, -0.25) is 4.79 Å². The molecule has 0 unspecified atom stereocenters. The average Bonchev–Trinajstić information content (AvgIpc) is 2.90. The molecule has 0 bridgehead atoms. The molecule has 4 nitrogen and oxygen atoms in total. The van der Waals surface area contributed by atoms with Crippen LogP contribution in [0.1, 0.15) is 49.8 Å². The summed E-state index contributed by atoms with van der Waals surface area (Å²) in [5.74, 6) is 0.631. The Morgan fingerprint density at radius 3 is 2.75 bits per heavy atom. The summed E-state index contributed by atoms with van der Waals surface area (Å²) in [6.45, 7) is 3.69. The Bertz CT molecular complexity index is 465. The van der Waals surface area contributed by atoms with Crippen LogP contribution in [0.25, 0.3) is 0 Å². The lowest BCUT2D eigenvalue weighted by Gasteiger charge is -2.14. The Hall–Kier alpha value is -1.55. The molecule has 20 heavy (non-hydrogen) atoms. The summed E-state index contributed by atoms with van der Waals surface area (Å²) < 4.78 is 5.55. The Balaban J connectivity index is 1.85. The fourth-order valence-corrected chi connectivity index (χ4v) is 2.58. The summed E-state index contributed by atoms with van der Waals surface area (Å²) in [7, 11) is 0. The van der Waals surface area contributed by atoms with Crippen molar-refractivity contribution in [2.24, 2.45) is 0 Å². The summed E-state index contributed by atoms with van der Waals surface area (Å²) >= 11 is 0. The lowest BCUT2D eigenvalue weighted by Crippen LogP contribution is -2.36. The van der Waals surface area contributed by atoms with Crippen molar-refractivity contribution in [1.29, 1.82) is 0 Å². The minimum Gasteiger partial charge on any atom is -0.484 e. The van der Waals surface area contributed by atoms with Crippen molar-refractivity contribution in [2.75, 3.05) is 6.61 Å². The molecule has 0 spiro atoms. The van der Waals surface area contributed by atoms with E-state index in [1.54, 1.807) is 13.0 Å². The second kappa shape index (κ2) is 6.75. The fraction of sp³-hybridized carbons (Fsp3) is 0.562. The topological polar surface area (TPSA) is 58.6 Å². The van der Waals surface area contributed by atoms with Crippen molar-refractivity contribution in [2.45, 2.75) is 51.7 Å². The molecule has 0 saturated heterocycles. The van der Waals surface area contributed by atoms with Gasteiger partial charge in [-0.15, -0.1) is 0 Å². The second-order valence-corrected chi connectivity index (χ2v) is 5.54. The quantitative estimate of drug-likeness (QED) is 0.869. The third kappa shape index (κ3) is 3.97. The third-order valence-electron chi connectivity index (χ3n) is 3.76. The number of carbonyl (C=O) groups is 1. The fourth-order valence-electron chi connectivity index (χ4n) is 2.58. The van der Waals surface area contributed by atoms with Crippen LogP contribution in [-0.4, -0.2) is 23.7 Å². The molecule has 0 heterocycles. The minimum absolute atomic E-state index is 0.0470. The molecule has 1 saturated carbocycles. The predicted molar refractivity (Wildman–Crippen MR) is 77.7 cm³/mol. The molecule has 1 amide bonds. The first-order chi connectivity index (χ1) is 9.56. The Labute approximate surface area is 120 Å². The van der Waals surface area contributed by atoms with E-state index in [0.29, 0.717) is 11.8 Å². The normalized spacial score (nSPS) is 16.9. The summed E-state index contributed by atoms with van der Waals surface area (Å²) in [6, 6.07) is 5.83. The van der Waals surface area contributed by atoms with Crippen LogP contribution >= 0.6 is 0 Å². The number of amides is 1. The molecule has 1 aromatic carbocycles. The number of ether oxygens (including phenoxy) is 1. The molecule has 1 aromatic rings. The molecule has 1 aliphatic carbocycles. The highest BCUT2D eigenvalue weighted by atomic mass is 16.5. The predicted octanol–water partition coefficient (Wildman–Crippen LogP) is 2.49. The lowest BCUT2D eigenvalue weighted by atomic mass is 10.1. The molecule has 0 aromatic heterocycles. The van der Waals surface area contributed by atoms with Crippen LogP contribution < -0.4 is 10.1 Å². The van der Waals surface area contributed by atoms with Crippen molar-refractivity contribution in [3.63, 3.8) is 0 Å². The van der Waals surface area contributed by atoms with Crippen LogP contribution in [0.3, 0.4) is 0 Å². The first-order valence-corrected chi connectivity index (χ1v) is 7.27. The zero-order chi connectivity index (χ0) is 14.5. The molecule has 2 rings (SSSR count). The van der Waals surface area contributed by atoms with Gasteiger partial charge in [0, 0.05) is 6.04 Å². The largest absolute Gasteiger partial charge is 0.484 e. The number of aliphatic hydroxyl groups excluding tert-OH is 1. The van der Waals surface area contributed by atoms with E-state index in [1.807, 2.05) is 19.1 Å².